The molecular weight excluding hydrogens is 332 g/mol. The van der Waals surface area contributed by atoms with Crippen molar-refractivity contribution in [3.63, 3.8) is 0 Å². The van der Waals surface area contributed by atoms with Crippen molar-refractivity contribution < 1.29 is 19.1 Å². The molecule has 2 aromatic rings. The topological polar surface area (TPSA) is 68.7 Å². The van der Waals surface area contributed by atoms with E-state index < -0.39 is 12.1 Å². The molecule has 0 spiro atoms. The Labute approximate surface area is 153 Å². The van der Waals surface area contributed by atoms with Crippen molar-refractivity contribution in [3.05, 3.63) is 41.6 Å². The summed E-state index contributed by atoms with van der Waals surface area (Å²) < 4.78 is 10.8. The summed E-state index contributed by atoms with van der Waals surface area (Å²) in [5.41, 5.74) is 2.02. The van der Waals surface area contributed by atoms with Gasteiger partial charge in [-0.3, -0.25) is 9.78 Å². The van der Waals surface area contributed by atoms with Crippen molar-refractivity contribution in [2.45, 2.75) is 32.8 Å². The van der Waals surface area contributed by atoms with Crippen molar-refractivity contribution in [2.75, 3.05) is 26.3 Å². The molecule has 2 heterocycles. The highest BCUT2D eigenvalue weighted by molar-refractivity contribution is 6.04. The van der Waals surface area contributed by atoms with E-state index in [0.29, 0.717) is 31.9 Å². The monoisotopic (exact) mass is 356 g/mol. The average molecular weight is 356 g/mol. The van der Waals surface area contributed by atoms with Crippen LogP contribution in [0.3, 0.4) is 0 Å². The normalized spacial score (nSPS) is 15.9. The van der Waals surface area contributed by atoms with Crippen LogP contribution in [-0.2, 0) is 14.3 Å². The SMILES string of the molecule is CC(OC(=O)c1cc(C(C)C)nc2ccccc12)C(=O)N1CCOCC1. The maximum absolute atomic E-state index is 12.8. The Kier molecular flexibility index (Phi) is 5.52. The van der Waals surface area contributed by atoms with Crippen LogP contribution in [0.2, 0.25) is 0 Å². The van der Waals surface area contributed by atoms with E-state index in [-0.39, 0.29) is 11.8 Å². The Morgan fingerprint density at radius 1 is 1.15 bits per heavy atom. The minimum atomic E-state index is -0.838. The fourth-order valence-electron chi connectivity index (χ4n) is 2.98. The van der Waals surface area contributed by atoms with Gasteiger partial charge in [0.15, 0.2) is 6.10 Å². The van der Waals surface area contributed by atoms with Crippen molar-refractivity contribution >= 4 is 22.8 Å². The summed E-state index contributed by atoms with van der Waals surface area (Å²) in [6.45, 7) is 7.74. The van der Waals surface area contributed by atoms with Crippen LogP contribution in [0.15, 0.2) is 30.3 Å². The number of carbonyl (C=O) groups excluding carboxylic acids is 2. The number of esters is 1. The minimum absolute atomic E-state index is 0.179. The molecule has 1 aliphatic rings. The molecule has 0 aliphatic carbocycles. The molecule has 0 N–H and O–H groups in total. The standard InChI is InChI=1S/C20H24N2O4/c1-13(2)18-12-16(15-6-4-5-7-17(15)21-18)20(24)26-14(3)19(23)22-8-10-25-11-9-22/h4-7,12-14H,8-11H2,1-3H3. The molecule has 3 rings (SSSR count). The fourth-order valence-corrected chi connectivity index (χ4v) is 2.98. The minimum Gasteiger partial charge on any atom is -0.449 e. The van der Waals surface area contributed by atoms with Crippen LogP contribution in [0.5, 0.6) is 0 Å². The van der Waals surface area contributed by atoms with Gasteiger partial charge in [0.1, 0.15) is 0 Å². The number of benzene rings is 1. The molecule has 6 heteroatoms. The molecule has 1 amide bonds. The van der Waals surface area contributed by atoms with Gasteiger partial charge in [0.25, 0.3) is 5.91 Å². The molecule has 1 aromatic heterocycles. The third kappa shape index (κ3) is 3.85. The van der Waals surface area contributed by atoms with E-state index in [0.717, 1.165) is 16.6 Å². The number of nitrogens with zero attached hydrogens (tertiary/aromatic N) is 2. The second-order valence-corrected chi connectivity index (χ2v) is 6.75. The smallest absolute Gasteiger partial charge is 0.339 e. The van der Waals surface area contributed by atoms with E-state index in [4.69, 9.17) is 9.47 Å². The molecular formula is C20H24N2O4. The Hall–Kier alpha value is -2.47. The van der Waals surface area contributed by atoms with Gasteiger partial charge in [-0.15, -0.1) is 0 Å². The molecule has 1 unspecified atom stereocenters. The van der Waals surface area contributed by atoms with E-state index in [1.807, 2.05) is 38.1 Å². The largest absolute Gasteiger partial charge is 0.449 e. The number of rotatable bonds is 4. The number of morpholine rings is 1. The van der Waals surface area contributed by atoms with Gasteiger partial charge in [0.2, 0.25) is 0 Å². The Morgan fingerprint density at radius 3 is 2.54 bits per heavy atom. The van der Waals surface area contributed by atoms with Gasteiger partial charge in [-0.2, -0.15) is 0 Å². The highest BCUT2D eigenvalue weighted by atomic mass is 16.5. The number of carbonyl (C=O) groups is 2. The molecule has 1 aromatic carbocycles. The molecule has 26 heavy (non-hydrogen) atoms. The number of aromatic nitrogens is 1. The van der Waals surface area contributed by atoms with Gasteiger partial charge in [-0.1, -0.05) is 32.0 Å². The maximum Gasteiger partial charge on any atom is 0.339 e. The predicted molar refractivity (Wildman–Crippen MR) is 98.1 cm³/mol. The Morgan fingerprint density at radius 2 is 1.85 bits per heavy atom. The van der Waals surface area contributed by atoms with E-state index in [9.17, 15) is 9.59 Å². The second kappa shape index (κ2) is 7.83. The van der Waals surface area contributed by atoms with Crippen molar-refractivity contribution in [3.8, 4) is 0 Å². The molecule has 0 bridgehead atoms. The first-order chi connectivity index (χ1) is 12.5. The van der Waals surface area contributed by atoms with Crippen molar-refractivity contribution in [1.82, 2.24) is 9.88 Å². The quantitative estimate of drug-likeness (QED) is 0.788. The first-order valence-corrected chi connectivity index (χ1v) is 8.94. The van der Waals surface area contributed by atoms with Gasteiger partial charge in [-0.05, 0) is 25.0 Å². The van der Waals surface area contributed by atoms with Gasteiger partial charge in [-0.25, -0.2) is 4.79 Å². The molecule has 6 nitrogen and oxygen atoms in total. The summed E-state index contributed by atoms with van der Waals surface area (Å²) in [5, 5.41) is 0.730. The van der Waals surface area contributed by atoms with Gasteiger partial charge < -0.3 is 14.4 Å². The van der Waals surface area contributed by atoms with E-state index >= 15 is 0 Å². The molecule has 1 atom stereocenters. The van der Waals surface area contributed by atoms with Crippen LogP contribution in [-0.4, -0.2) is 54.2 Å². The zero-order chi connectivity index (χ0) is 18.7. The van der Waals surface area contributed by atoms with E-state index in [1.165, 1.54) is 0 Å². The number of para-hydroxylation sites is 1. The first kappa shape index (κ1) is 18.3. The lowest BCUT2D eigenvalue weighted by Gasteiger charge is -2.29. The third-order valence-electron chi connectivity index (χ3n) is 4.50. The average Bonchev–Trinajstić information content (AvgIpc) is 2.66. The zero-order valence-corrected chi connectivity index (χ0v) is 15.4. The number of pyridine rings is 1. The first-order valence-electron chi connectivity index (χ1n) is 8.94. The maximum atomic E-state index is 12.8. The predicted octanol–water partition coefficient (Wildman–Crippen LogP) is 2.76. The van der Waals surface area contributed by atoms with E-state index in [1.54, 1.807) is 17.9 Å². The summed E-state index contributed by atoms with van der Waals surface area (Å²) >= 11 is 0. The van der Waals surface area contributed by atoms with Crippen LogP contribution in [0.1, 0.15) is 42.7 Å². The summed E-state index contributed by atoms with van der Waals surface area (Å²) in [5.74, 6) is -0.512. The van der Waals surface area contributed by atoms with Crippen LogP contribution < -0.4 is 0 Å². The number of fused-ring (bicyclic) bond motifs is 1. The molecule has 1 aliphatic heterocycles. The molecule has 1 fully saturated rings. The number of ether oxygens (including phenoxy) is 2. The van der Waals surface area contributed by atoms with E-state index in [2.05, 4.69) is 4.98 Å². The highest BCUT2D eigenvalue weighted by Gasteiger charge is 2.26. The molecule has 0 radical (unpaired) electrons. The summed E-state index contributed by atoms with van der Waals surface area (Å²) in [4.78, 5) is 31.6. The lowest BCUT2D eigenvalue weighted by Crippen LogP contribution is -2.46. The van der Waals surface area contributed by atoms with Crippen LogP contribution in [0.25, 0.3) is 10.9 Å². The van der Waals surface area contributed by atoms with Gasteiger partial charge in [0.05, 0.1) is 24.3 Å². The van der Waals surface area contributed by atoms with Crippen molar-refractivity contribution in [2.24, 2.45) is 0 Å². The summed E-state index contributed by atoms with van der Waals surface area (Å²) in [7, 11) is 0. The summed E-state index contributed by atoms with van der Waals surface area (Å²) in [6.07, 6.45) is -0.838. The van der Waals surface area contributed by atoms with Gasteiger partial charge >= 0.3 is 5.97 Å². The van der Waals surface area contributed by atoms with Gasteiger partial charge in [0, 0.05) is 24.2 Å². The fraction of sp³-hybridized carbons (Fsp3) is 0.450. The number of amides is 1. The Balaban J connectivity index is 1.83. The highest BCUT2D eigenvalue weighted by Crippen LogP contribution is 2.23. The van der Waals surface area contributed by atoms with Crippen LogP contribution >= 0.6 is 0 Å². The Bertz CT molecular complexity index is 813. The summed E-state index contributed by atoms with van der Waals surface area (Å²) in [6, 6.07) is 9.23. The lowest BCUT2D eigenvalue weighted by molar-refractivity contribution is -0.143. The molecule has 0 saturated carbocycles. The zero-order valence-electron chi connectivity index (χ0n) is 15.4. The van der Waals surface area contributed by atoms with Crippen LogP contribution in [0.4, 0.5) is 0 Å². The third-order valence-corrected chi connectivity index (χ3v) is 4.50. The van der Waals surface area contributed by atoms with Crippen molar-refractivity contribution in [1.29, 1.82) is 0 Å². The second-order valence-electron chi connectivity index (χ2n) is 6.75. The number of hydrogen-bond donors (Lipinski definition) is 0. The molecule has 138 valence electrons. The van der Waals surface area contributed by atoms with Crippen LogP contribution in [0, 0.1) is 0 Å². The molecule has 1 saturated heterocycles. The number of hydrogen-bond acceptors (Lipinski definition) is 5. The lowest BCUT2D eigenvalue weighted by atomic mass is 10.0.